The molecule has 0 saturated heterocycles. The monoisotopic (exact) mass is 292 g/mol. The first-order valence-corrected chi connectivity index (χ1v) is 8.54. The van der Waals surface area contributed by atoms with Crippen molar-refractivity contribution in [3.8, 4) is 0 Å². The molecule has 1 aliphatic rings. The van der Waals surface area contributed by atoms with Gasteiger partial charge in [-0.2, -0.15) is 0 Å². The van der Waals surface area contributed by atoms with Gasteiger partial charge in [0, 0.05) is 27.2 Å². The highest BCUT2D eigenvalue weighted by molar-refractivity contribution is 7.12. The minimum absolute atomic E-state index is 0.335. The number of aryl methyl sites for hydroxylation is 4. The van der Waals surface area contributed by atoms with Gasteiger partial charge in [-0.25, -0.2) is 4.98 Å². The van der Waals surface area contributed by atoms with Crippen molar-refractivity contribution >= 4 is 22.7 Å². The van der Waals surface area contributed by atoms with Crippen LogP contribution in [-0.2, 0) is 19.4 Å². The van der Waals surface area contributed by atoms with Gasteiger partial charge < -0.3 is 5.32 Å². The third-order valence-corrected chi connectivity index (χ3v) is 5.87. The molecule has 0 amide bonds. The van der Waals surface area contributed by atoms with Crippen molar-refractivity contribution in [2.45, 2.75) is 52.6 Å². The number of nitrogens with zero attached hydrogens (tertiary/aromatic N) is 1. The average Bonchev–Trinajstić information content (AvgIpc) is 3.00. The molecule has 102 valence electrons. The number of hydrogen-bond acceptors (Lipinski definition) is 4. The Balaban J connectivity index is 1.63. The molecular formula is C15H20N2S2. The molecule has 0 spiro atoms. The average molecular weight is 292 g/mol. The first-order valence-electron chi connectivity index (χ1n) is 6.91. The molecule has 2 heterocycles. The van der Waals surface area contributed by atoms with Crippen molar-refractivity contribution < 1.29 is 0 Å². The number of aromatic nitrogens is 1. The Labute approximate surface area is 122 Å². The zero-order chi connectivity index (χ0) is 13.4. The van der Waals surface area contributed by atoms with E-state index in [0.29, 0.717) is 6.04 Å². The Hall–Kier alpha value is -0.710. The summed E-state index contributed by atoms with van der Waals surface area (Å²) in [7, 11) is 0. The topological polar surface area (TPSA) is 24.9 Å². The van der Waals surface area contributed by atoms with E-state index in [1.807, 2.05) is 11.3 Å². The van der Waals surface area contributed by atoms with E-state index in [9.17, 15) is 0 Å². The van der Waals surface area contributed by atoms with Gasteiger partial charge in [0.05, 0.1) is 10.7 Å². The lowest BCUT2D eigenvalue weighted by atomic mass is 10.2. The quantitative estimate of drug-likeness (QED) is 0.915. The Morgan fingerprint density at radius 2 is 2.16 bits per heavy atom. The van der Waals surface area contributed by atoms with Gasteiger partial charge >= 0.3 is 0 Å². The molecular weight excluding hydrogens is 272 g/mol. The van der Waals surface area contributed by atoms with E-state index < -0.39 is 0 Å². The van der Waals surface area contributed by atoms with E-state index in [1.165, 1.54) is 34.7 Å². The Kier molecular flexibility index (Phi) is 3.74. The first-order chi connectivity index (χ1) is 9.13. The largest absolute Gasteiger partial charge is 0.304 e. The number of nitrogens with one attached hydrogen (secondary N) is 1. The van der Waals surface area contributed by atoms with Crippen molar-refractivity contribution in [3.05, 3.63) is 37.0 Å². The molecule has 1 aliphatic carbocycles. The molecule has 0 fully saturated rings. The standard InChI is InChI=1S/C15H20N2S2/c1-9(15-10(2)18-11(3)17-15)16-8-13-7-12-5-4-6-14(12)19-13/h7,9,16H,4-6,8H2,1-3H3. The van der Waals surface area contributed by atoms with Crippen LogP contribution in [0.1, 0.15) is 50.3 Å². The molecule has 0 aliphatic heterocycles. The van der Waals surface area contributed by atoms with Crippen LogP contribution >= 0.6 is 22.7 Å². The van der Waals surface area contributed by atoms with Gasteiger partial charge in [-0.3, -0.25) is 0 Å². The van der Waals surface area contributed by atoms with Gasteiger partial charge in [-0.05, 0) is 51.7 Å². The fourth-order valence-electron chi connectivity index (χ4n) is 2.77. The highest BCUT2D eigenvalue weighted by Gasteiger charge is 2.16. The lowest BCUT2D eigenvalue weighted by molar-refractivity contribution is 0.564. The molecule has 0 aromatic carbocycles. The minimum Gasteiger partial charge on any atom is -0.304 e. The predicted molar refractivity (Wildman–Crippen MR) is 83.2 cm³/mol. The first kappa shape index (κ1) is 13.3. The Bertz CT molecular complexity index is 561. The van der Waals surface area contributed by atoms with Crippen LogP contribution in [0.15, 0.2) is 6.07 Å². The molecule has 1 atom stereocenters. The molecule has 3 rings (SSSR count). The fraction of sp³-hybridized carbons (Fsp3) is 0.533. The fourth-order valence-corrected chi connectivity index (χ4v) is 4.90. The van der Waals surface area contributed by atoms with Crippen LogP contribution < -0.4 is 5.32 Å². The van der Waals surface area contributed by atoms with Gasteiger partial charge in [-0.1, -0.05) is 0 Å². The van der Waals surface area contributed by atoms with Crippen LogP contribution in [0.2, 0.25) is 0 Å². The highest BCUT2D eigenvalue weighted by atomic mass is 32.1. The summed E-state index contributed by atoms with van der Waals surface area (Å²) in [6.07, 6.45) is 3.92. The van der Waals surface area contributed by atoms with Crippen LogP contribution in [0, 0.1) is 13.8 Å². The van der Waals surface area contributed by atoms with Crippen LogP contribution in [0.3, 0.4) is 0 Å². The molecule has 2 nitrogen and oxygen atoms in total. The van der Waals surface area contributed by atoms with Crippen molar-refractivity contribution in [2.24, 2.45) is 0 Å². The lowest BCUT2D eigenvalue weighted by Gasteiger charge is -2.11. The number of fused-ring (bicyclic) bond motifs is 1. The zero-order valence-electron chi connectivity index (χ0n) is 11.7. The second-order valence-electron chi connectivity index (χ2n) is 5.29. The molecule has 0 saturated carbocycles. The summed E-state index contributed by atoms with van der Waals surface area (Å²) >= 11 is 3.78. The highest BCUT2D eigenvalue weighted by Crippen LogP contribution is 2.31. The van der Waals surface area contributed by atoms with E-state index in [1.54, 1.807) is 21.8 Å². The van der Waals surface area contributed by atoms with Crippen molar-refractivity contribution in [3.63, 3.8) is 0 Å². The lowest BCUT2D eigenvalue weighted by Crippen LogP contribution is -2.18. The van der Waals surface area contributed by atoms with E-state index >= 15 is 0 Å². The van der Waals surface area contributed by atoms with Crippen LogP contribution in [-0.4, -0.2) is 4.98 Å². The molecule has 1 unspecified atom stereocenters. The van der Waals surface area contributed by atoms with Gasteiger partial charge in [0.25, 0.3) is 0 Å². The SMILES string of the molecule is Cc1nc(C(C)NCc2cc3c(s2)CCC3)c(C)s1. The smallest absolute Gasteiger partial charge is 0.0900 e. The van der Waals surface area contributed by atoms with Gasteiger partial charge in [0.15, 0.2) is 0 Å². The van der Waals surface area contributed by atoms with Gasteiger partial charge in [0.1, 0.15) is 0 Å². The summed E-state index contributed by atoms with van der Waals surface area (Å²) in [6.45, 7) is 7.42. The minimum atomic E-state index is 0.335. The van der Waals surface area contributed by atoms with Crippen molar-refractivity contribution in [1.29, 1.82) is 0 Å². The second-order valence-corrected chi connectivity index (χ2v) is 7.92. The van der Waals surface area contributed by atoms with Crippen molar-refractivity contribution in [2.75, 3.05) is 0 Å². The summed E-state index contributed by atoms with van der Waals surface area (Å²) in [6, 6.07) is 2.73. The summed E-state index contributed by atoms with van der Waals surface area (Å²) in [5, 5.41) is 4.78. The Morgan fingerprint density at radius 3 is 2.84 bits per heavy atom. The van der Waals surface area contributed by atoms with Crippen molar-refractivity contribution in [1.82, 2.24) is 10.3 Å². The van der Waals surface area contributed by atoms with Gasteiger partial charge in [0.2, 0.25) is 0 Å². The third-order valence-electron chi connectivity index (χ3n) is 3.73. The third kappa shape index (κ3) is 2.76. The maximum absolute atomic E-state index is 4.63. The maximum Gasteiger partial charge on any atom is 0.0900 e. The van der Waals surface area contributed by atoms with E-state index in [4.69, 9.17) is 0 Å². The summed E-state index contributed by atoms with van der Waals surface area (Å²) < 4.78 is 0. The summed E-state index contributed by atoms with van der Waals surface area (Å²) in [4.78, 5) is 9.06. The molecule has 19 heavy (non-hydrogen) atoms. The van der Waals surface area contributed by atoms with Crippen LogP contribution in [0.25, 0.3) is 0 Å². The normalized spacial score (nSPS) is 15.7. The summed E-state index contributed by atoms with van der Waals surface area (Å²) in [5.41, 5.74) is 2.81. The number of thiophene rings is 1. The summed E-state index contributed by atoms with van der Waals surface area (Å²) in [5.74, 6) is 0. The molecule has 1 N–H and O–H groups in total. The number of hydrogen-bond donors (Lipinski definition) is 1. The molecule has 0 bridgehead atoms. The van der Waals surface area contributed by atoms with Gasteiger partial charge in [-0.15, -0.1) is 22.7 Å². The van der Waals surface area contributed by atoms with E-state index in [2.05, 4.69) is 37.1 Å². The maximum atomic E-state index is 4.63. The van der Waals surface area contributed by atoms with Crippen LogP contribution in [0.5, 0.6) is 0 Å². The molecule has 2 aromatic heterocycles. The Morgan fingerprint density at radius 1 is 1.32 bits per heavy atom. The second kappa shape index (κ2) is 5.35. The zero-order valence-corrected chi connectivity index (χ0v) is 13.4. The number of thiazole rings is 1. The predicted octanol–water partition coefficient (Wildman–Crippen LogP) is 4.16. The van der Waals surface area contributed by atoms with Crippen LogP contribution in [0.4, 0.5) is 0 Å². The molecule has 4 heteroatoms. The molecule has 2 aromatic rings. The molecule has 0 radical (unpaired) electrons. The number of rotatable bonds is 4. The van der Waals surface area contributed by atoms with E-state index in [-0.39, 0.29) is 0 Å². The van der Waals surface area contributed by atoms with E-state index in [0.717, 1.165) is 11.6 Å².